The molecular weight excluding hydrogens is 358 g/mol. The van der Waals surface area contributed by atoms with Crippen LogP contribution < -0.4 is 0 Å². The molecule has 27 heavy (non-hydrogen) atoms. The molecule has 2 rings (SSSR count). The lowest BCUT2D eigenvalue weighted by Crippen LogP contribution is -2.39. The van der Waals surface area contributed by atoms with Crippen LogP contribution in [0.15, 0.2) is 77.0 Å². The van der Waals surface area contributed by atoms with Crippen molar-refractivity contribution in [3.05, 3.63) is 77.7 Å². The first-order valence-corrected chi connectivity index (χ1v) is 10.5. The van der Waals surface area contributed by atoms with Crippen molar-refractivity contribution in [3.63, 3.8) is 0 Å². The van der Waals surface area contributed by atoms with Crippen LogP contribution in [0.25, 0.3) is 0 Å². The molecule has 1 atom stereocenters. The van der Waals surface area contributed by atoms with E-state index in [4.69, 9.17) is 0 Å². The minimum absolute atomic E-state index is 0.0974. The van der Waals surface area contributed by atoms with Gasteiger partial charge in [-0.2, -0.15) is 0 Å². The molecule has 0 spiro atoms. The minimum Gasteiger partial charge on any atom is -0.302 e. The zero-order chi connectivity index (χ0) is 19.9. The second-order valence-corrected chi connectivity index (χ2v) is 9.13. The molecule has 0 bridgehead atoms. The molecule has 0 radical (unpaired) electrons. The van der Waals surface area contributed by atoms with Crippen molar-refractivity contribution in [1.82, 2.24) is 4.90 Å². The first-order chi connectivity index (χ1) is 12.8. The standard InChI is InChI=1S/C22H27NO3S/c1-18(2)14-21(17-24)23(16-20-10-6-4-7-11-20)15-19(3)27(25,26)22-12-8-5-9-13-22/h4-13,17-18,21H,3,14-16H2,1-2H3/t21-/m0/s1. The lowest BCUT2D eigenvalue weighted by Gasteiger charge is -2.30. The van der Waals surface area contributed by atoms with Crippen LogP contribution in [0, 0.1) is 5.92 Å². The third-order valence-electron chi connectivity index (χ3n) is 4.38. The van der Waals surface area contributed by atoms with E-state index in [1.54, 1.807) is 30.3 Å². The molecule has 144 valence electrons. The molecule has 5 heteroatoms. The van der Waals surface area contributed by atoms with Gasteiger partial charge >= 0.3 is 0 Å². The van der Waals surface area contributed by atoms with Gasteiger partial charge in [0, 0.05) is 13.1 Å². The Morgan fingerprint density at radius 1 is 1.04 bits per heavy atom. The quantitative estimate of drug-likeness (QED) is 0.578. The molecule has 0 amide bonds. The predicted octanol–water partition coefficient (Wildman–Crippen LogP) is 4.09. The molecule has 0 aliphatic heterocycles. The van der Waals surface area contributed by atoms with Crippen LogP contribution in [0.2, 0.25) is 0 Å². The molecule has 0 aliphatic carbocycles. The number of benzene rings is 2. The van der Waals surface area contributed by atoms with Crippen LogP contribution in [-0.4, -0.2) is 32.2 Å². The van der Waals surface area contributed by atoms with E-state index in [0.29, 0.717) is 18.9 Å². The Morgan fingerprint density at radius 3 is 2.11 bits per heavy atom. The maximum atomic E-state index is 12.8. The molecule has 0 aliphatic rings. The summed E-state index contributed by atoms with van der Waals surface area (Å²) in [6.45, 7) is 8.53. The van der Waals surface area contributed by atoms with Gasteiger partial charge in [0.2, 0.25) is 9.84 Å². The largest absolute Gasteiger partial charge is 0.302 e. The van der Waals surface area contributed by atoms with Gasteiger partial charge in [-0.1, -0.05) is 69.0 Å². The van der Waals surface area contributed by atoms with Gasteiger partial charge in [0.15, 0.2) is 0 Å². The van der Waals surface area contributed by atoms with E-state index in [1.807, 2.05) is 49.1 Å². The number of carbonyl (C=O) groups is 1. The highest BCUT2D eigenvalue weighted by atomic mass is 32.2. The molecule has 0 N–H and O–H groups in total. The summed E-state index contributed by atoms with van der Waals surface area (Å²) in [6, 6.07) is 17.6. The van der Waals surface area contributed by atoms with Crippen LogP contribution in [0.3, 0.4) is 0 Å². The van der Waals surface area contributed by atoms with Gasteiger partial charge in [0.1, 0.15) is 6.29 Å². The van der Waals surface area contributed by atoms with E-state index in [2.05, 4.69) is 6.58 Å². The smallest absolute Gasteiger partial charge is 0.203 e. The Balaban J connectivity index is 2.27. The molecular formula is C22H27NO3S. The fourth-order valence-corrected chi connectivity index (χ4v) is 4.14. The van der Waals surface area contributed by atoms with E-state index < -0.39 is 9.84 Å². The lowest BCUT2D eigenvalue weighted by atomic mass is 10.0. The van der Waals surface area contributed by atoms with Crippen LogP contribution in [-0.2, 0) is 21.2 Å². The van der Waals surface area contributed by atoms with Crippen LogP contribution in [0.1, 0.15) is 25.8 Å². The average molecular weight is 386 g/mol. The number of nitrogens with zero attached hydrogens (tertiary/aromatic N) is 1. The number of aldehydes is 1. The average Bonchev–Trinajstić information content (AvgIpc) is 2.67. The molecule has 4 nitrogen and oxygen atoms in total. The first kappa shape index (κ1) is 21.1. The summed E-state index contributed by atoms with van der Waals surface area (Å²) in [5.74, 6) is 0.317. The topological polar surface area (TPSA) is 54.5 Å². The Morgan fingerprint density at radius 2 is 1.59 bits per heavy atom. The molecule has 0 heterocycles. The third-order valence-corrected chi connectivity index (χ3v) is 6.16. The van der Waals surface area contributed by atoms with E-state index in [9.17, 15) is 13.2 Å². The molecule has 0 fully saturated rings. The second kappa shape index (κ2) is 9.62. The fourth-order valence-electron chi connectivity index (χ4n) is 2.96. The van der Waals surface area contributed by atoms with E-state index >= 15 is 0 Å². The van der Waals surface area contributed by atoms with Crippen molar-refractivity contribution in [1.29, 1.82) is 0 Å². The monoisotopic (exact) mass is 385 g/mol. The molecule has 0 aromatic heterocycles. The minimum atomic E-state index is -3.65. The summed E-state index contributed by atoms with van der Waals surface area (Å²) in [6.07, 6.45) is 1.57. The Bertz CT molecular complexity index is 846. The maximum Gasteiger partial charge on any atom is 0.203 e. The van der Waals surface area contributed by atoms with Gasteiger partial charge in [-0.3, -0.25) is 4.90 Å². The van der Waals surface area contributed by atoms with Gasteiger partial charge in [-0.05, 0) is 30.0 Å². The van der Waals surface area contributed by atoms with Gasteiger partial charge in [-0.25, -0.2) is 8.42 Å². The van der Waals surface area contributed by atoms with Crippen molar-refractivity contribution >= 4 is 16.1 Å². The molecule has 2 aromatic rings. The van der Waals surface area contributed by atoms with Crippen LogP contribution in [0.5, 0.6) is 0 Å². The van der Waals surface area contributed by atoms with Crippen LogP contribution >= 0.6 is 0 Å². The van der Waals surface area contributed by atoms with E-state index in [0.717, 1.165) is 11.8 Å². The normalized spacial score (nSPS) is 12.9. The molecule has 2 aromatic carbocycles. The Kier molecular flexibility index (Phi) is 7.51. The fraction of sp³-hybridized carbons (Fsp3) is 0.318. The lowest BCUT2D eigenvalue weighted by molar-refractivity contribution is -0.113. The summed E-state index contributed by atoms with van der Waals surface area (Å²) in [5.41, 5.74) is 1.03. The Hall–Kier alpha value is -2.24. The van der Waals surface area contributed by atoms with Crippen LogP contribution in [0.4, 0.5) is 0 Å². The SMILES string of the molecule is C=C(CN(Cc1ccccc1)[C@H](C=O)CC(C)C)S(=O)(=O)c1ccccc1. The number of sulfone groups is 1. The van der Waals surface area contributed by atoms with Gasteiger partial charge in [-0.15, -0.1) is 0 Å². The predicted molar refractivity (Wildman–Crippen MR) is 109 cm³/mol. The highest BCUT2D eigenvalue weighted by Crippen LogP contribution is 2.22. The zero-order valence-corrected chi connectivity index (χ0v) is 16.7. The number of hydrogen-bond acceptors (Lipinski definition) is 4. The summed E-state index contributed by atoms with van der Waals surface area (Å²) in [5, 5.41) is 0. The van der Waals surface area contributed by atoms with Gasteiger partial charge in [0.25, 0.3) is 0 Å². The van der Waals surface area contributed by atoms with Crippen molar-refractivity contribution in [2.45, 2.75) is 37.8 Å². The summed E-state index contributed by atoms with van der Waals surface area (Å²) >= 11 is 0. The molecule has 0 saturated carbocycles. The first-order valence-electron chi connectivity index (χ1n) is 9.05. The maximum absolute atomic E-state index is 12.8. The third kappa shape index (κ3) is 5.88. The van der Waals surface area contributed by atoms with Crippen molar-refractivity contribution in [3.8, 4) is 0 Å². The second-order valence-electron chi connectivity index (χ2n) is 7.08. The van der Waals surface area contributed by atoms with E-state index in [-0.39, 0.29) is 22.4 Å². The van der Waals surface area contributed by atoms with Crippen molar-refractivity contribution in [2.24, 2.45) is 5.92 Å². The molecule has 0 unspecified atom stereocenters. The van der Waals surface area contributed by atoms with Gasteiger partial charge in [0.05, 0.1) is 15.8 Å². The summed E-state index contributed by atoms with van der Waals surface area (Å²) < 4.78 is 25.7. The van der Waals surface area contributed by atoms with Crippen molar-refractivity contribution < 1.29 is 13.2 Å². The highest BCUT2D eigenvalue weighted by molar-refractivity contribution is 7.95. The summed E-state index contributed by atoms with van der Waals surface area (Å²) in [4.78, 5) is 14.0. The van der Waals surface area contributed by atoms with Crippen molar-refractivity contribution in [2.75, 3.05) is 6.54 Å². The Labute approximate surface area is 162 Å². The number of carbonyl (C=O) groups excluding carboxylic acids is 1. The number of hydrogen-bond donors (Lipinski definition) is 0. The molecule has 0 saturated heterocycles. The highest BCUT2D eigenvalue weighted by Gasteiger charge is 2.25. The zero-order valence-electron chi connectivity index (χ0n) is 15.9. The number of rotatable bonds is 10. The van der Waals surface area contributed by atoms with E-state index in [1.165, 1.54) is 0 Å². The summed E-state index contributed by atoms with van der Waals surface area (Å²) in [7, 11) is -3.65. The van der Waals surface area contributed by atoms with Gasteiger partial charge < -0.3 is 4.79 Å².